The lowest BCUT2D eigenvalue weighted by atomic mass is 9.96. The zero-order valence-electron chi connectivity index (χ0n) is 23.8. The lowest BCUT2D eigenvalue weighted by Gasteiger charge is -2.41. The number of imide groups is 1. The predicted octanol–water partition coefficient (Wildman–Crippen LogP) is 1.51. The highest BCUT2D eigenvalue weighted by molar-refractivity contribution is 6.39. The molecule has 234 valence electrons. The van der Waals surface area contributed by atoms with Crippen LogP contribution in [0, 0.1) is 0 Å². The van der Waals surface area contributed by atoms with Crippen LogP contribution in [0.1, 0.15) is 32.5 Å². The lowest BCUT2D eigenvalue weighted by Crippen LogP contribution is -2.56. The molecule has 0 saturated carbocycles. The normalized spacial score (nSPS) is 23.4. The van der Waals surface area contributed by atoms with Gasteiger partial charge in [0.2, 0.25) is 0 Å². The van der Waals surface area contributed by atoms with Gasteiger partial charge in [-0.25, -0.2) is 10.4 Å². The Balaban J connectivity index is 1.47. The van der Waals surface area contributed by atoms with Gasteiger partial charge in [0.05, 0.1) is 39.8 Å². The summed E-state index contributed by atoms with van der Waals surface area (Å²) in [6.07, 6.45) is -4.54. The van der Waals surface area contributed by atoms with Gasteiger partial charge in [-0.1, -0.05) is 6.07 Å². The molecule has 6 aromatic rings. The van der Waals surface area contributed by atoms with Crippen molar-refractivity contribution in [3.63, 3.8) is 0 Å². The van der Waals surface area contributed by atoms with Crippen molar-refractivity contribution in [3.05, 3.63) is 77.6 Å². The fourth-order valence-electron chi connectivity index (χ4n) is 6.79. The topological polar surface area (TPSA) is 214 Å². The molecule has 0 radical (unpaired) electrons. The third-order valence-electron chi connectivity index (χ3n) is 8.88. The first-order chi connectivity index (χ1) is 22.2. The van der Waals surface area contributed by atoms with Crippen molar-refractivity contribution in [1.82, 2.24) is 25.0 Å². The smallest absolute Gasteiger partial charge is 0.276 e. The molecular formula is C32H27N5O9. The van der Waals surface area contributed by atoms with Gasteiger partial charge in [0, 0.05) is 52.6 Å². The predicted molar refractivity (Wildman–Crippen MR) is 163 cm³/mol. The number of benzene rings is 3. The maximum absolute atomic E-state index is 14.3. The van der Waals surface area contributed by atoms with Crippen LogP contribution in [0.5, 0.6) is 11.5 Å². The third kappa shape index (κ3) is 3.89. The average Bonchev–Trinajstić information content (AvgIpc) is 3.66. The summed E-state index contributed by atoms with van der Waals surface area (Å²) in [5.74, 6) is -1.46. The number of fused-ring (bicyclic) bond motifs is 10. The molecule has 14 heteroatoms. The van der Waals surface area contributed by atoms with E-state index in [9.17, 15) is 40.2 Å². The summed E-state index contributed by atoms with van der Waals surface area (Å²) in [6.45, 7) is -0.557. The number of amides is 2. The largest absolute Gasteiger partial charge is 0.508 e. The van der Waals surface area contributed by atoms with Crippen LogP contribution in [0.4, 0.5) is 0 Å². The third-order valence-corrected chi connectivity index (χ3v) is 8.88. The van der Waals surface area contributed by atoms with Gasteiger partial charge in [-0.15, -0.1) is 0 Å². The minimum absolute atomic E-state index is 0.0477. The number of aliphatic hydroxyl groups excluding tert-OH is 4. The molecule has 0 bridgehead atoms. The van der Waals surface area contributed by atoms with Crippen LogP contribution >= 0.6 is 0 Å². The standard InChI is InChI=1S/C32H27N5O9/c38-12-20-27(41)28(42)29(43)32(46-20)36-19-9-15(40)4-6-17(19)22-24-23(21-16-5-3-14(39)8-18(16)35-25(21)26(22)36)30(44)37(31(24)45)34-11-13-2-1-7-33-10-13/h1-10,20,27-29,32,34-35,38-43H,11-12H2/t20-,27-,28+,29-,32?/m0/s1. The van der Waals surface area contributed by atoms with E-state index >= 15 is 0 Å². The fourth-order valence-corrected chi connectivity index (χ4v) is 6.79. The Morgan fingerprint density at radius 2 is 1.61 bits per heavy atom. The van der Waals surface area contributed by atoms with Crippen molar-refractivity contribution in [2.45, 2.75) is 37.2 Å². The molecule has 8 rings (SSSR count). The van der Waals surface area contributed by atoms with Crippen molar-refractivity contribution in [2.75, 3.05) is 6.61 Å². The number of aromatic nitrogens is 3. The molecule has 2 amide bonds. The number of hydrogen-bond donors (Lipinski definition) is 8. The zero-order valence-corrected chi connectivity index (χ0v) is 23.8. The number of hydrogen-bond acceptors (Lipinski definition) is 11. The molecule has 1 fully saturated rings. The second-order valence-electron chi connectivity index (χ2n) is 11.5. The summed E-state index contributed by atoms with van der Waals surface area (Å²) in [5.41, 5.74) is 5.16. The minimum atomic E-state index is -1.72. The molecule has 3 aromatic heterocycles. The van der Waals surface area contributed by atoms with Gasteiger partial charge in [0.1, 0.15) is 35.9 Å². The highest BCUT2D eigenvalue weighted by atomic mass is 16.6. The van der Waals surface area contributed by atoms with E-state index in [4.69, 9.17) is 4.74 Å². The van der Waals surface area contributed by atoms with Gasteiger partial charge in [0.25, 0.3) is 11.8 Å². The van der Waals surface area contributed by atoms with Gasteiger partial charge in [0.15, 0.2) is 6.23 Å². The molecule has 0 aliphatic carbocycles. The first kappa shape index (κ1) is 28.4. The molecule has 8 N–H and O–H groups in total. The maximum Gasteiger partial charge on any atom is 0.276 e. The van der Waals surface area contributed by atoms with E-state index in [1.165, 1.54) is 28.8 Å². The molecule has 1 saturated heterocycles. The van der Waals surface area contributed by atoms with Gasteiger partial charge in [-0.3, -0.25) is 14.6 Å². The van der Waals surface area contributed by atoms with Gasteiger partial charge in [-0.2, -0.15) is 0 Å². The number of nitrogens with zero attached hydrogens (tertiary/aromatic N) is 3. The number of ether oxygens (including phenoxy) is 1. The number of rotatable bonds is 5. The Morgan fingerprint density at radius 3 is 2.33 bits per heavy atom. The maximum atomic E-state index is 14.3. The number of nitrogens with one attached hydrogen (secondary N) is 2. The van der Waals surface area contributed by atoms with Gasteiger partial charge >= 0.3 is 0 Å². The van der Waals surface area contributed by atoms with Crippen molar-refractivity contribution >= 4 is 55.4 Å². The summed E-state index contributed by atoms with van der Waals surface area (Å²) in [4.78, 5) is 35.8. The number of aromatic amines is 1. The number of aliphatic hydroxyl groups is 4. The molecule has 2 aliphatic rings. The van der Waals surface area contributed by atoms with E-state index in [0.717, 1.165) is 10.6 Å². The Bertz CT molecular complexity index is 2230. The van der Waals surface area contributed by atoms with E-state index in [0.29, 0.717) is 32.6 Å². The molecule has 3 aromatic carbocycles. The Morgan fingerprint density at radius 1 is 0.891 bits per heavy atom. The van der Waals surface area contributed by atoms with Crippen molar-refractivity contribution in [2.24, 2.45) is 0 Å². The second-order valence-corrected chi connectivity index (χ2v) is 11.5. The fraction of sp³-hybridized carbons (Fsp3) is 0.219. The molecule has 46 heavy (non-hydrogen) atoms. The van der Waals surface area contributed by atoms with Gasteiger partial charge < -0.3 is 44.9 Å². The number of pyridine rings is 1. The van der Waals surface area contributed by atoms with E-state index in [1.807, 2.05) is 0 Å². The summed E-state index contributed by atoms with van der Waals surface area (Å²) in [7, 11) is 0. The number of phenolic OH excluding ortho intramolecular Hbond substituents is 2. The van der Waals surface area contributed by atoms with E-state index in [1.54, 1.807) is 36.7 Å². The van der Waals surface area contributed by atoms with Crippen LogP contribution in [0.3, 0.4) is 0 Å². The van der Waals surface area contributed by atoms with E-state index in [2.05, 4.69) is 15.4 Å². The van der Waals surface area contributed by atoms with Crippen LogP contribution in [0.2, 0.25) is 0 Å². The molecule has 5 atom stereocenters. The summed E-state index contributed by atoms with van der Waals surface area (Å²) >= 11 is 0. The van der Waals surface area contributed by atoms with Crippen molar-refractivity contribution in [1.29, 1.82) is 0 Å². The first-order valence-electron chi connectivity index (χ1n) is 14.5. The molecule has 0 spiro atoms. The number of carbonyl (C=O) groups is 2. The van der Waals surface area contributed by atoms with Crippen LogP contribution in [0.15, 0.2) is 60.9 Å². The Kier molecular flexibility index (Phi) is 6.30. The molecule has 2 aliphatic heterocycles. The average molecular weight is 626 g/mol. The second kappa shape index (κ2) is 10.2. The van der Waals surface area contributed by atoms with Crippen molar-refractivity contribution < 1.29 is 45.0 Å². The Labute approximate surface area is 258 Å². The molecule has 14 nitrogen and oxygen atoms in total. The highest BCUT2D eigenvalue weighted by Crippen LogP contribution is 2.47. The number of aromatic hydroxyl groups is 2. The summed E-state index contributed by atoms with van der Waals surface area (Å²) < 4.78 is 7.47. The van der Waals surface area contributed by atoms with Crippen LogP contribution in [-0.4, -0.2) is 93.0 Å². The SMILES string of the molecule is O=C1c2c(c3c4ccc(O)cc4n(C4O[C@@H](CO)[C@H](O)[C@@H](O)[C@@H]4O)c3c3[nH]c4cc(O)ccc4c23)C(=O)N1NCc1cccnc1. The number of phenols is 2. The molecular weight excluding hydrogens is 598 g/mol. The minimum Gasteiger partial charge on any atom is -0.508 e. The van der Waals surface area contributed by atoms with E-state index in [-0.39, 0.29) is 40.2 Å². The lowest BCUT2D eigenvalue weighted by molar-refractivity contribution is -0.249. The summed E-state index contributed by atoms with van der Waals surface area (Å²) in [5, 5.41) is 65.9. The van der Waals surface area contributed by atoms with Crippen molar-refractivity contribution in [3.8, 4) is 11.5 Å². The quantitative estimate of drug-likeness (QED) is 0.129. The monoisotopic (exact) mass is 625 g/mol. The molecule has 5 heterocycles. The Hall–Kier alpha value is -5.09. The van der Waals surface area contributed by atoms with Crippen LogP contribution < -0.4 is 5.43 Å². The molecule has 1 unspecified atom stereocenters. The number of carbonyl (C=O) groups excluding carboxylic acids is 2. The number of hydrazine groups is 1. The van der Waals surface area contributed by atoms with Gasteiger partial charge in [-0.05, 0) is 35.9 Å². The first-order valence-corrected chi connectivity index (χ1v) is 14.5. The highest BCUT2D eigenvalue weighted by Gasteiger charge is 2.47. The van der Waals surface area contributed by atoms with Crippen LogP contribution in [-0.2, 0) is 11.3 Å². The van der Waals surface area contributed by atoms with E-state index < -0.39 is 49.1 Å². The van der Waals surface area contributed by atoms with Crippen LogP contribution in [0.25, 0.3) is 43.6 Å². The summed E-state index contributed by atoms with van der Waals surface area (Å²) in [6, 6.07) is 12.4. The zero-order chi connectivity index (χ0) is 32.0. The number of H-pyrrole nitrogens is 1.